The highest BCUT2D eigenvalue weighted by Gasteiger charge is 2.22. The molecule has 2 unspecified atom stereocenters. The summed E-state index contributed by atoms with van der Waals surface area (Å²) in [7, 11) is 0. The molecule has 3 heteroatoms. The largest absolute Gasteiger partial charge is 0.312 e. The molecule has 0 amide bonds. The Morgan fingerprint density at radius 3 is 3.06 bits per heavy atom. The van der Waals surface area contributed by atoms with Crippen molar-refractivity contribution in [1.82, 2.24) is 5.32 Å². The summed E-state index contributed by atoms with van der Waals surface area (Å²) in [6, 6.07) is 9.61. The molecular weight excluding hydrogens is 246 g/mol. The molecule has 0 bridgehead atoms. The Hall–Kier alpha value is -0.120. The van der Waals surface area contributed by atoms with Crippen molar-refractivity contribution in [2.75, 3.05) is 18.1 Å². The van der Waals surface area contributed by atoms with Gasteiger partial charge < -0.3 is 5.32 Å². The van der Waals surface area contributed by atoms with E-state index in [0.717, 1.165) is 11.3 Å². The second-order valence-corrected chi connectivity index (χ2v) is 7.37. The third-order valence-corrected chi connectivity index (χ3v) is 6.04. The zero-order valence-electron chi connectivity index (χ0n) is 10.0. The lowest BCUT2D eigenvalue weighted by molar-refractivity contribution is 0.506. The van der Waals surface area contributed by atoms with Crippen LogP contribution in [0.15, 0.2) is 29.2 Å². The Labute approximate surface area is 112 Å². The Morgan fingerprint density at radius 1 is 1.29 bits per heavy atom. The lowest BCUT2D eigenvalue weighted by atomic mass is 10.1. The molecule has 1 aromatic rings. The lowest BCUT2D eigenvalue weighted by Gasteiger charge is -2.23. The predicted molar refractivity (Wildman–Crippen MR) is 78.1 cm³/mol. The molecule has 1 aromatic carbocycles. The van der Waals surface area contributed by atoms with E-state index in [1.807, 2.05) is 0 Å². The molecule has 1 fully saturated rings. The SMILES string of the molecule is c1ccc2c(c1)CC(CNC1CCCSC1)S2. The highest BCUT2D eigenvalue weighted by Crippen LogP contribution is 2.36. The molecular formula is C14H19NS2. The normalized spacial score (nSPS) is 28.0. The monoisotopic (exact) mass is 265 g/mol. The molecule has 0 aromatic heterocycles. The molecule has 2 heterocycles. The molecule has 1 N–H and O–H groups in total. The van der Waals surface area contributed by atoms with E-state index >= 15 is 0 Å². The zero-order valence-corrected chi connectivity index (χ0v) is 11.7. The second kappa shape index (κ2) is 5.68. The first kappa shape index (κ1) is 11.9. The van der Waals surface area contributed by atoms with E-state index in [0.29, 0.717) is 0 Å². The van der Waals surface area contributed by atoms with Gasteiger partial charge in [0, 0.05) is 28.5 Å². The van der Waals surface area contributed by atoms with Gasteiger partial charge in [-0.1, -0.05) is 18.2 Å². The maximum atomic E-state index is 3.76. The molecule has 2 aliphatic heterocycles. The number of hydrogen-bond acceptors (Lipinski definition) is 3. The Bertz CT molecular complexity index is 349. The first-order chi connectivity index (χ1) is 8.42. The van der Waals surface area contributed by atoms with Gasteiger partial charge in [0.05, 0.1) is 0 Å². The third kappa shape index (κ3) is 3.01. The number of nitrogens with one attached hydrogen (secondary N) is 1. The molecule has 0 saturated carbocycles. The smallest absolute Gasteiger partial charge is 0.0260 e. The maximum Gasteiger partial charge on any atom is 0.0260 e. The van der Waals surface area contributed by atoms with Gasteiger partial charge >= 0.3 is 0 Å². The highest BCUT2D eigenvalue weighted by atomic mass is 32.2. The van der Waals surface area contributed by atoms with Gasteiger partial charge in [0.25, 0.3) is 0 Å². The first-order valence-corrected chi connectivity index (χ1v) is 8.51. The zero-order chi connectivity index (χ0) is 11.5. The number of thioether (sulfide) groups is 2. The van der Waals surface area contributed by atoms with Crippen LogP contribution < -0.4 is 5.32 Å². The van der Waals surface area contributed by atoms with Gasteiger partial charge in [0.15, 0.2) is 0 Å². The summed E-state index contributed by atoms with van der Waals surface area (Å²) in [4.78, 5) is 1.50. The molecule has 2 aliphatic rings. The predicted octanol–water partition coefficient (Wildman–Crippen LogP) is 3.19. The van der Waals surface area contributed by atoms with Crippen LogP contribution in [-0.4, -0.2) is 29.3 Å². The van der Waals surface area contributed by atoms with E-state index in [2.05, 4.69) is 53.1 Å². The van der Waals surface area contributed by atoms with Crippen molar-refractivity contribution < 1.29 is 0 Å². The first-order valence-electron chi connectivity index (χ1n) is 6.47. The van der Waals surface area contributed by atoms with Crippen molar-refractivity contribution >= 4 is 23.5 Å². The number of hydrogen-bond donors (Lipinski definition) is 1. The molecule has 17 heavy (non-hydrogen) atoms. The summed E-state index contributed by atoms with van der Waals surface area (Å²) in [5, 5.41) is 4.51. The van der Waals surface area contributed by atoms with Gasteiger partial charge in [-0.3, -0.25) is 0 Å². The van der Waals surface area contributed by atoms with Crippen molar-refractivity contribution in [3.63, 3.8) is 0 Å². The summed E-state index contributed by atoms with van der Waals surface area (Å²) >= 11 is 4.16. The summed E-state index contributed by atoms with van der Waals surface area (Å²) in [5.41, 5.74) is 1.54. The van der Waals surface area contributed by atoms with Crippen LogP contribution in [0.2, 0.25) is 0 Å². The molecule has 0 aliphatic carbocycles. The Balaban J connectivity index is 1.48. The van der Waals surface area contributed by atoms with Crippen LogP contribution >= 0.6 is 23.5 Å². The average Bonchev–Trinajstić information content (AvgIpc) is 2.80. The molecule has 0 radical (unpaired) electrons. The summed E-state index contributed by atoms with van der Waals surface area (Å²) in [6.07, 6.45) is 4.01. The van der Waals surface area contributed by atoms with Gasteiger partial charge in [0.1, 0.15) is 0 Å². The molecule has 3 rings (SSSR count). The summed E-state index contributed by atoms with van der Waals surface area (Å²) in [5.74, 6) is 2.67. The van der Waals surface area contributed by atoms with Gasteiger partial charge in [-0.15, -0.1) is 11.8 Å². The topological polar surface area (TPSA) is 12.0 Å². The maximum absolute atomic E-state index is 3.76. The van der Waals surface area contributed by atoms with Crippen LogP contribution in [0.4, 0.5) is 0 Å². The number of fused-ring (bicyclic) bond motifs is 1. The van der Waals surface area contributed by atoms with Gasteiger partial charge in [-0.05, 0) is 36.6 Å². The second-order valence-electron chi connectivity index (χ2n) is 4.87. The summed E-state index contributed by atoms with van der Waals surface area (Å²) in [6.45, 7) is 1.17. The molecule has 2 atom stereocenters. The van der Waals surface area contributed by atoms with E-state index < -0.39 is 0 Å². The van der Waals surface area contributed by atoms with E-state index in [4.69, 9.17) is 0 Å². The minimum Gasteiger partial charge on any atom is -0.312 e. The molecule has 1 nitrogen and oxygen atoms in total. The van der Waals surface area contributed by atoms with Gasteiger partial charge in [-0.2, -0.15) is 11.8 Å². The van der Waals surface area contributed by atoms with Gasteiger partial charge in [0.2, 0.25) is 0 Å². The standard InChI is InChI=1S/C14H19NS2/c1-2-6-14-11(4-1)8-13(17-14)9-15-12-5-3-7-16-10-12/h1-2,4,6,12-13,15H,3,5,7-10H2. The fraction of sp³-hybridized carbons (Fsp3) is 0.571. The Kier molecular flexibility index (Phi) is 3.99. The van der Waals surface area contributed by atoms with Crippen molar-refractivity contribution in [3.8, 4) is 0 Å². The minimum absolute atomic E-state index is 0.749. The van der Waals surface area contributed by atoms with E-state index in [9.17, 15) is 0 Å². The third-order valence-electron chi connectivity index (χ3n) is 3.51. The summed E-state index contributed by atoms with van der Waals surface area (Å²) < 4.78 is 0. The van der Waals surface area contributed by atoms with Crippen LogP contribution in [-0.2, 0) is 6.42 Å². The van der Waals surface area contributed by atoms with Crippen molar-refractivity contribution in [3.05, 3.63) is 29.8 Å². The quantitative estimate of drug-likeness (QED) is 0.901. The van der Waals surface area contributed by atoms with E-state index in [1.165, 1.54) is 42.2 Å². The fourth-order valence-electron chi connectivity index (χ4n) is 2.57. The number of rotatable bonds is 3. The van der Waals surface area contributed by atoms with Crippen LogP contribution in [0.3, 0.4) is 0 Å². The Morgan fingerprint density at radius 2 is 2.24 bits per heavy atom. The van der Waals surface area contributed by atoms with Crippen LogP contribution in [0, 0.1) is 0 Å². The molecule has 92 valence electrons. The number of benzene rings is 1. The van der Waals surface area contributed by atoms with E-state index in [-0.39, 0.29) is 0 Å². The average molecular weight is 265 g/mol. The van der Waals surface area contributed by atoms with Crippen molar-refractivity contribution in [2.24, 2.45) is 0 Å². The van der Waals surface area contributed by atoms with Crippen molar-refractivity contribution in [2.45, 2.75) is 35.4 Å². The van der Waals surface area contributed by atoms with Crippen LogP contribution in [0.25, 0.3) is 0 Å². The van der Waals surface area contributed by atoms with E-state index in [1.54, 1.807) is 5.56 Å². The van der Waals surface area contributed by atoms with Gasteiger partial charge in [-0.25, -0.2) is 0 Å². The minimum atomic E-state index is 0.749. The molecule has 1 saturated heterocycles. The highest BCUT2D eigenvalue weighted by molar-refractivity contribution is 8.00. The van der Waals surface area contributed by atoms with Crippen molar-refractivity contribution in [1.29, 1.82) is 0 Å². The molecule has 0 spiro atoms. The van der Waals surface area contributed by atoms with Crippen LogP contribution in [0.1, 0.15) is 18.4 Å². The van der Waals surface area contributed by atoms with Crippen LogP contribution in [0.5, 0.6) is 0 Å². The fourth-order valence-corrected chi connectivity index (χ4v) is 4.94. The lowest BCUT2D eigenvalue weighted by Crippen LogP contribution is -2.37.